The van der Waals surface area contributed by atoms with Crippen molar-refractivity contribution < 1.29 is 9.90 Å². The van der Waals surface area contributed by atoms with E-state index in [2.05, 4.69) is 18.8 Å². The number of hydrogen-bond donors (Lipinski definition) is 1. The summed E-state index contributed by atoms with van der Waals surface area (Å²) in [6.45, 7) is 6.53. The van der Waals surface area contributed by atoms with E-state index in [1.165, 1.54) is 38.5 Å². The highest BCUT2D eigenvalue weighted by Crippen LogP contribution is 2.64. The van der Waals surface area contributed by atoms with Crippen molar-refractivity contribution in [3.63, 3.8) is 0 Å². The third-order valence-electron chi connectivity index (χ3n) is 10.6. The molecule has 4 heteroatoms. The molecule has 0 bridgehead atoms. The number of carbonyl (C=O) groups is 1. The monoisotopic (exact) mass is 457 g/mol. The molecule has 176 valence electrons. The van der Waals surface area contributed by atoms with Gasteiger partial charge in [-0.15, -0.1) is 0 Å². The third-order valence-corrected chi connectivity index (χ3v) is 10.9. The van der Waals surface area contributed by atoms with Crippen molar-refractivity contribution in [3.8, 4) is 0 Å². The molecule has 5 rings (SSSR count). The van der Waals surface area contributed by atoms with E-state index in [1.807, 2.05) is 19.1 Å². The Morgan fingerprint density at radius 2 is 1.88 bits per heavy atom. The largest absolute Gasteiger partial charge is 0.390 e. The summed E-state index contributed by atoms with van der Waals surface area (Å²) in [6, 6.07) is 3.78. The van der Waals surface area contributed by atoms with Gasteiger partial charge in [0, 0.05) is 11.6 Å². The molecule has 32 heavy (non-hydrogen) atoms. The number of carbonyl (C=O) groups excluding carboxylic acids is 1. The van der Waals surface area contributed by atoms with Gasteiger partial charge in [-0.2, -0.15) is 0 Å². The van der Waals surface area contributed by atoms with Gasteiger partial charge in [0.15, 0.2) is 0 Å². The van der Waals surface area contributed by atoms with E-state index >= 15 is 0 Å². The van der Waals surface area contributed by atoms with E-state index in [4.69, 9.17) is 11.6 Å². The second kappa shape index (κ2) is 8.38. The van der Waals surface area contributed by atoms with Crippen molar-refractivity contribution in [2.75, 3.05) is 0 Å². The van der Waals surface area contributed by atoms with Gasteiger partial charge in [0.1, 0.15) is 5.78 Å². The summed E-state index contributed by atoms with van der Waals surface area (Å²) in [5.74, 6) is 4.30. The SMILES string of the molecule is CC[C@@]1(O)CC[C@H]2[C@H](CC[C@@H]3[C@@H]2CC[C@]2(C)[C@@H](C(=O)Cc4nc(C)ccc4Cl)CC[C@@H]32)C1. The standard InChI is InChI=1S/C28H40ClNO2/c1-4-28(32)14-12-19-18(16-28)6-7-21-20(19)11-13-27(3)22(21)8-9-23(27)26(31)15-25-24(29)10-5-17(2)30-25/h5,10,18-23,32H,4,6-9,11-16H2,1-3H3/t18-,19+,20-,21-,22+,23-,27+,28-/m1/s1. The summed E-state index contributed by atoms with van der Waals surface area (Å²) in [7, 11) is 0. The average molecular weight is 458 g/mol. The number of aliphatic hydroxyl groups is 1. The molecule has 8 atom stereocenters. The molecule has 0 saturated heterocycles. The molecular formula is C28H40ClNO2. The third kappa shape index (κ3) is 3.76. The zero-order chi connectivity index (χ0) is 22.7. The molecular weight excluding hydrogens is 418 g/mol. The zero-order valence-electron chi connectivity index (χ0n) is 20.1. The number of fused-ring (bicyclic) bond motifs is 5. The van der Waals surface area contributed by atoms with Gasteiger partial charge in [-0.05, 0) is 118 Å². The first-order chi connectivity index (χ1) is 15.2. The predicted octanol–water partition coefficient (Wildman–Crippen LogP) is 6.56. The van der Waals surface area contributed by atoms with Crippen molar-refractivity contribution in [3.05, 3.63) is 28.5 Å². The number of rotatable bonds is 4. The molecule has 0 spiro atoms. The Morgan fingerprint density at radius 1 is 1.09 bits per heavy atom. The lowest BCUT2D eigenvalue weighted by molar-refractivity contribution is -0.132. The van der Waals surface area contributed by atoms with Crippen LogP contribution in [-0.2, 0) is 11.2 Å². The maximum absolute atomic E-state index is 13.5. The quantitative estimate of drug-likeness (QED) is 0.556. The van der Waals surface area contributed by atoms with E-state index in [1.54, 1.807) is 0 Å². The number of nitrogens with zero attached hydrogens (tertiary/aromatic N) is 1. The molecule has 0 amide bonds. The predicted molar refractivity (Wildman–Crippen MR) is 129 cm³/mol. The van der Waals surface area contributed by atoms with Crippen molar-refractivity contribution >= 4 is 17.4 Å². The van der Waals surface area contributed by atoms with Crippen molar-refractivity contribution in [1.82, 2.24) is 4.98 Å². The molecule has 1 N–H and O–H groups in total. The Labute approximate surface area is 198 Å². The highest BCUT2D eigenvalue weighted by molar-refractivity contribution is 6.31. The van der Waals surface area contributed by atoms with Crippen LogP contribution in [0.2, 0.25) is 5.02 Å². The fraction of sp³-hybridized carbons (Fsp3) is 0.786. The molecule has 4 fully saturated rings. The lowest BCUT2D eigenvalue weighted by Gasteiger charge is -2.57. The topological polar surface area (TPSA) is 50.2 Å². The van der Waals surface area contributed by atoms with Crippen LogP contribution in [0, 0.1) is 47.8 Å². The second-order valence-corrected chi connectivity index (χ2v) is 12.4. The molecule has 1 heterocycles. The highest BCUT2D eigenvalue weighted by Gasteiger charge is 2.58. The Hall–Kier alpha value is -0.930. The van der Waals surface area contributed by atoms with E-state index < -0.39 is 5.60 Å². The van der Waals surface area contributed by atoms with Crippen LogP contribution in [-0.4, -0.2) is 21.5 Å². The minimum Gasteiger partial charge on any atom is -0.390 e. The molecule has 1 aromatic heterocycles. The lowest BCUT2D eigenvalue weighted by Crippen LogP contribution is -2.51. The summed E-state index contributed by atoms with van der Waals surface area (Å²) in [4.78, 5) is 18.1. The van der Waals surface area contributed by atoms with Crippen LogP contribution in [0.5, 0.6) is 0 Å². The van der Waals surface area contributed by atoms with Gasteiger partial charge in [0.05, 0.1) is 22.7 Å². The molecule has 0 aliphatic heterocycles. The number of aryl methyl sites for hydroxylation is 1. The van der Waals surface area contributed by atoms with Gasteiger partial charge >= 0.3 is 0 Å². The highest BCUT2D eigenvalue weighted by atomic mass is 35.5. The van der Waals surface area contributed by atoms with Crippen LogP contribution in [0.25, 0.3) is 0 Å². The van der Waals surface area contributed by atoms with Crippen LogP contribution in [0.3, 0.4) is 0 Å². The van der Waals surface area contributed by atoms with Crippen LogP contribution >= 0.6 is 11.6 Å². The molecule has 0 unspecified atom stereocenters. The van der Waals surface area contributed by atoms with Gasteiger partial charge < -0.3 is 5.11 Å². The van der Waals surface area contributed by atoms with Crippen LogP contribution in [0.4, 0.5) is 0 Å². The average Bonchev–Trinajstić information content (AvgIpc) is 3.13. The van der Waals surface area contributed by atoms with E-state index in [-0.39, 0.29) is 11.3 Å². The number of hydrogen-bond acceptors (Lipinski definition) is 3. The van der Waals surface area contributed by atoms with Crippen molar-refractivity contribution in [2.24, 2.45) is 40.9 Å². The Morgan fingerprint density at radius 3 is 2.66 bits per heavy atom. The van der Waals surface area contributed by atoms with Crippen molar-refractivity contribution in [1.29, 1.82) is 0 Å². The molecule has 4 aliphatic rings. The fourth-order valence-corrected chi connectivity index (χ4v) is 8.99. The van der Waals surface area contributed by atoms with Gasteiger partial charge in [-0.1, -0.05) is 25.4 Å². The minimum absolute atomic E-state index is 0.139. The molecule has 4 aliphatic carbocycles. The van der Waals surface area contributed by atoms with Gasteiger partial charge in [-0.25, -0.2) is 0 Å². The van der Waals surface area contributed by atoms with Gasteiger partial charge in [0.25, 0.3) is 0 Å². The lowest BCUT2D eigenvalue weighted by atomic mass is 9.48. The number of pyridine rings is 1. The van der Waals surface area contributed by atoms with Gasteiger partial charge in [-0.3, -0.25) is 9.78 Å². The van der Waals surface area contributed by atoms with E-state index in [0.717, 1.165) is 54.8 Å². The molecule has 4 saturated carbocycles. The van der Waals surface area contributed by atoms with Crippen molar-refractivity contribution in [2.45, 2.75) is 97.0 Å². The first-order valence-corrected chi connectivity index (χ1v) is 13.5. The van der Waals surface area contributed by atoms with E-state index in [9.17, 15) is 9.90 Å². The molecule has 0 radical (unpaired) electrons. The van der Waals surface area contributed by atoms with Crippen LogP contribution < -0.4 is 0 Å². The molecule has 1 aromatic rings. The molecule has 0 aromatic carbocycles. The number of aromatic nitrogens is 1. The second-order valence-electron chi connectivity index (χ2n) is 12.0. The summed E-state index contributed by atoms with van der Waals surface area (Å²) in [6.07, 6.45) is 11.8. The smallest absolute Gasteiger partial charge is 0.142 e. The summed E-state index contributed by atoms with van der Waals surface area (Å²) < 4.78 is 0. The summed E-state index contributed by atoms with van der Waals surface area (Å²) in [5, 5.41) is 11.5. The van der Waals surface area contributed by atoms with Crippen LogP contribution in [0.15, 0.2) is 12.1 Å². The Kier molecular flexibility index (Phi) is 5.98. The summed E-state index contributed by atoms with van der Waals surface area (Å²) >= 11 is 6.37. The Bertz CT molecular complexity index is 886. The normalized spacial score (nSPS) is 43.3. The summed E-state index contributed by atoms with van der Waals surface area (Å²) in [5.41, 5.74) is 1.41. The molecule has 3 nitrogen and oxygen atoms in total. The van der Waals surface area contributed by atoms with E-state index in [0.29, 0.717) is 29.1 Å². The maximum atomic E-state index is 13.5. The number of ketones is 1. The fourth-order valence-electron chi connectivity index (χ4n) is 8.82. The number of Topliss-reactive ketones (excluding diaryl/α,β-unsaturated/α-hetero) is 1. The first kappa shape index (κ1) is 22.8. The first-order valence-electron chi connectivity index (χ1n) is 13.1. The zero-order valence-corrected chi connectivity index (χ0v) is 20.8. The van der Waals surface area contributed by atoms with Gasteiger partial charge in [0.2, 0.25) is 0 Å². The maximum Gasteiger partial charge on any atom is 0.142 e. The van der Waals surface area contributed by atoms with Crippen LogP contribution in [0.1, 0.15) is 89.4 Å². The Balaban J connectivity index is 1.31. The minimum atomic E-state index is -0.410. The number of halogens is 1.